The third kappa shape index (κ3) is 2.98. The lowest BCUT2D eigenvalue weighted by atomic mass is 9.82. The highest BCUT2D eigenvalue weighted by atomic mass is 16.4. The number of aromatic nitrogens is 2. The van der Waals surface area contributed by atoms with Crippen LogP contribution in [0.2, 0.25) is 0 Å². The summed E-state index contributed by atoms with van der Waals surface area (Å²) in [6.07, 6.45) is 4.14. The lowest BCUT2D eigenvalue weighted by Gasteiger charge is -2.31. The third-order valence-electron chi connectivity index (χ3n) is 2.96. The zero-order chi connectivity index (χ0) is 12.3. The van der Waals surface area contributed by atoms with Gasteiger partial charge in [-0.05, 0) is 25.3 Å². The zero-order valence-corrected chi connectivity index (χ0v) is 9.33. The quantitative estimate of drug-likeness (QED) is 0.669. The number of carboxylic acids is 1. The Morgan fingerprint density at radius 3 is 2.94 bits per heavy atom. The molecule has 0 spiro atoms. The van der Waals surface area contributed by atoms with Crippen LogP contribution in [-0.4, -0.2) is 38.8 Å². The van der Waals surface area contributed by atoms with Crippen molar-refractivity contribution in [3.05, 3.63) is 23.8 Å². The maximum absolute atomic E-state index is 10.9. The van der Waals surface area contributed by atoms with E-state index in [4.69, 9.17) is 10.2 Å². The molecule has 1 aliphatic carbocycles. The molecule has 1 heterocycles. The van der Waals surface area contributed by atoms with E-state index in [1.54, 1.807) is 0 Å². The van der Waals surface area contributed by atoms with E-state index in [-0.39, 0.29) is 11.7 Å². The minimum absolute atomic E-state index is 0.133. The average Bonchev–Trinajstić information content (AvgIpc) is 2.27. The fourth-order valence-electron chi connectivity index (χ4n) is 1.94. The molecule has 0 amide bonds. The Labute approximate surface area is 98.7 Å². The van der Waals surface area contributed by atoms with Crippen molar-refractivity contribution in [3.63, 3.8) is 0 Å². The Bertz CT molecular complexity index is 405. The Balaban J connectivity index is 1.84. The number of aromatic carboxylic acids is 1. The van der Waals surface area contributed by atoms with Crippen molar-refractivity contribution in [2.24, 2.45) is 5.92 Å². The second kappa shape index (κ2) is 5.20. The van der Waals surface area contributed by atoms with Gasteiger partial charge in [0.1, 0.15) is 11.9 Å². The summed E-state index contributed by atoms with van der Waals surface area (Å²) in [6, 6.07) is 0. The molecule has 92 valence electrons. The Kier molecular flexibility index (Phi) is 3.65. The average molecular weight is 237 g/mol. The summed E-state index contributed by atoms with van der Waals surface area (Å²) >= 11 is 0. The molecule has 1 fully saturated rings. The molecular weight excluding hydrogens is 222 g/mol. The third-order valence-corrected chi connectivity index (χ3v) is 2.96. The van der Waals surface area contributed by atoms with E-state index >= 15 is 0 Å². The van der Waals surface area contributed by atoms with Gasteiger partial charge in [-0.1, -0.05) is 0 Å². The van der Waals surface area contributed by atoms with Crippen LogP contribution in [0.4, 0.5) is 0 Å². The summed E-state index contributed by atoms with van der Waals surface area (Å²) in [5.74, 6) is -0.526. The summed E-state index contributed by atoms with van der Waals surface area (Å²) in [4.78, 5) is 18.5. The van der Waals surface area contributed by atoms with Crippen molar-refractivity contribution in [2.75, 3.05) is 6.54 Å². The van der Waals surface area contributed by atoms with Crippen LogP contribution in [0, 0.1) is 5.92 Å². The van der Waals surface area contributed by atoms with Gasteiger partial charge < -0.3 is 15.5 Å². The first-order valence-corrected chi connectivity index (χ1v) is 5.57. The molecule has 1 aromatic heterocycles. The number of nitrogens with zero attached hydrogens (tertiary/aromatic N) is 2. The first-order valence-electron chi connectivity index (χ1n) is 5.57. The van der Waals surface area contributed by atoms with Gasteiger partial charge in [-0.25, -0.2) is 14.8 Å². The number of aliphatic hydroxyl groups excluding tert-OH is 1. The number of nitrogens with one attached hydrogen (secondary N) is 1. The van der Waals surface area contributed by atoms with E-state index in [0.717, 1.165) is 19.4 Å². The van der Waals surface area contributed by atoms with Gasteiger partial charge in [-0.2, -0.15) is 0 Å². The highest BCUT2D eigenvalue weighted by Gasteiger charge is 2.26. The maximum Gasteiger partial charge on any atom is 0.339 e. The molecule has 0 radical (unpaired) electrons. The highest BCUT2D eigenvalue weighted by Crippen LogP contribution is 2.26. The van der Waals surface area contributed by atoms with Crippen molar-refractivity contribution in [1.29, 1.82) is 0 Å². The second-order valence-corrected chi connectivity index (χ2v) is 4.31. The standard InChI is InChI=1S/C11H15N3O3/c15-8-1-7(2-8)3-12-5-10-9(11(16)17)4-13-6-14-10/h4,6-8,12,15H,1-3,5H2,(H,16,17). The lowest BCUT2D eigenvalue weighted by molar-refractivity contribution is 0.0429. The van der Waals surface area contributed by atoms with Gasteiger partial charge in [0.25, 0.3) is 0 Å². The van der Waals surface area contributed by atoms with Crippen LogP contribution in [-0.2, 0) is 6.54 Å². The molecule has 1 saturated carbocycles. The largest absolute Gasteiger partial charge is 0.478 e. The van der Waals surface area contributed by atoms with Crippen LogP contribution in [0.15, 0.2) is 12.5 Å². The van der Waals surface area contributed by atoms with Crippen molar-refractivity contribution in [1.82, 2.24) is 15.3 Å². The number of aliphatic hydroxyl groups is 1. The van der Waals surface area contributed by atoms with Gasteiger partial charge in [-0.3, -0.25) is 0 Å². The van der Waals surface area contributed by atoms with Gasteiger partial charge in [0, 0.05) is 12.7 Å². The van der Waals surface area contributed by atoms with Crippen LogP contribution in [0.5, 0.6) is 0 Å². The molecular formula is C11H15N3O3. The summed E-state index contributed by atoms with van der Waals surface area (Å²) < 4.78 is 0. The van der Waals surface area contributed by atoms with Crippen molar-refractivity contribution < 1.29 is 15.0 Å². The monoisotopic (exact) mass is 237 g/mol. The van der Waals surface area contributed by atoms with E-state index in [0.29, 0.717) is 18.2 Å². The molecule has 0 atom stereocenters. The fourth-order valence-corrected chi connectivity index (χ4v) is 1.94. The first-order chi connectivity index (χ1) is 8.16. The topological polar surface area (TPSA) is 95.3 Å². The normalized spacial score (nSPS) is 23.1. The van der Waals surface area contributed by atoms with Crippen molar-refractivity contribution >= 4 is 5.97 Å². The molecule has 3 N–H and O–H groups in total. The van der Waals surface area contributed by atoms with Crippen LogP contribution in [0.3, 0.4) is 0 Å². The SMILES string of the molecule is O=C(O)c1cncnc1CNCC1CC(O)C1. The maximum atomic E-state index is 10.9. The van der Waals surface area contributed by atoms with Gasteiger partial charge >= 0.3 is 5.97 Å². The summed E-state index contributed by atoms with van der Waals surface area (Å²) in [5, 5.41) is 21.2. The van der Waals surface area contributed by atoms with Crippen LogP contribution >= 0.6 is 0 Å². The number of hydrogen-bond donors (Lipinski definition) is 3. The molecule has 0 aliphatic heterocycles. The van der Waals surface area contributed by atoms with E-state index in [2.05, 4.69) is 15.3 Å². The van der Waals surface area contributed by atoms with Gasteiger partial charge in [-0.15, -0.1) is 0 Å². The summed E-state index contributed by atoms with van der Waals surface area (Å²) in [5.41, 5.74) is 0.626. The van der Waals surface area contributed by atoms with E-state index in [9.17, 15) is 4.79 Å². The lowest BCUT2D eigenvalue weighted by Crippen LogP contribution is -2.36. The number of carbonyl (C=O) groups is 1. The van der Waals surface area contributed by atoms with E-state index in [1.165, 1.54) is 12.5 Å². The Hall–Kier alpha value is -1.53. The van der Waals surface area contributed by atoms with Gasteiger partial charge in [0.05, 0.1) is 11.8 Å². The number of carboxylic acid groups (broad SMARTS) is 1. The van der Waals surface area contributed by atoms with Crippen LogP contribution < -0.4 is 5.32 Å². The minimum atomic E-state index is -1.01. The first kappa shape index (κ1) is 11.9. The fraction of sp³-hybridized carbons (Fsp3) is 0.545. The minimum Gasteiger partial charge on any atom is -0.478 e. The number of hydrogen-bond acceptors (Lipinski definition) is 5. The Morgan fingerprint density at radius 2 is 2.29 bits per heavy atom. The van der Waals surface area contributed by atoms with Crippen molar-refractivity contribution in [2.45, 2.75) is 25.5 Å². The summed E-state index contributed by atoms with van der Waals surface area (Å²) in [6.45, 7) is 1.19. The molecule has 0 saturated heterocycles. The molecule has 6 nitrogen and oxygen atoms in total. The molecule has 6 heteroatoms. The molecule has 0 unspecified atom stereocenters. The molecule has 1 aromatic rings. The predicted molar refractivity (Wildman–Crippen MR) is 59.4 cm³/mol. The predicted octanol–water partition coefficient (Wildman–Crippen LogP) is 0.0353. The highest BCUT2D eigenvalue weighted by molar-refractivity contribution is 5.88. The van der Waals surface area contributed by atoms with Gasteiger partial charge in [0.15, 0.2) is 0 Å². The van der Waals surface area contributed by atoms with Crippen molar-refractivity contribution in [3.8, 4) is 0 Å². The molecule has 0 bridgehead atoms. The molecule has 1 aliphatic rings. The summed E-state index contributed by atoms with van der Waals surface area (Å²) in [7, 11) is 0. The molecule has 17 heavy (non-hydrogen) atoms. The molecule has 0 aromatic carbocycles. The Morgan fingerprint density at radius 1 is 1.53 bits per heavy atom. The van der Waals surface area contributed by atoms with Crippen LogP contribution in [0.1, 0.15) is 28.9 Å². The zero-order valence-electron chi connectivity index (χ0n) is 9.33. The molecule has 2 rings (SSSR count). The van der Waals surface area contributed by atoms with Gasteiger partial charge in [0.2, 0.25) is 0 Å². The number of rotatable bonds is 5. The second-order valence-electron chi connectivity index (χ2n) is 4.31. The van der Waals surface area contributed by atoms with E-state index in [1.807, 2.05) is 0 Å². The van der Waals surface area contributed by atoms with E-state index < -0.39 is 5.97 Å². The smallest absolute Gasteiger partial charge is 0.339 e. The van der Waals surface area contributed by atoms with Crippen LogP contribution in [0.25, 0.3) is 0 Å².